The lowest BCUT2D eigenvalue weighted by Gasteiger charge is -2.33. The zero-order valence-electron chi connectivity index (χ0n) is 22.0. The molecule has 0 aliphatic rings. The van der Waals surface area contributed by atoms with Gasteiger partial charge in [0.1, 0.15) is 18.4 Å². The molecule has 2 amide bonds. The molecule has 1 atom stereocenters. The van der Waals surface area contributed by atoms with E-state index in [-0.39, 0.29) is 22.2 Å². The van der Waals surface area contributed by atoms with Crippen LogP contribution in [0.25, 0.3) is 0 Å². The van der Waals surface area contributed by atoms with Crippen molar-refractivity contribution in [3.8, 4) is 0 Å². The SMILES string of the molecule is CC(C(=O)NC(C)(C)C)N(Cc1ccccc1Cl)C(=O)CN(c1ccc(F)c(Cl)c1)S(=O)(=O)c1ccccc1. The Balaban J connectivity index is 2.06. The highest BCUT2D eigenvalue weighted by Crippen LogP contribution is 2.28. The quantitative estimate of drug-likeness (QED) is 0.347. The summed E-state index contributed by atoms with van der Waals surface area (Å²) in [5.74, 6) is -1.84. The van der Waals surface area contributed by atoms with E-state index in [2.05, 4.69) is 5.32 Å². The Kier molecular flexibility index (Phi) is 9.64. The Labute approximate surface area is 238 Å². The molecule has 3 aromatic carbocycles. The summed E-state index contributed by atoms with van der Waals surface area (Å²) in [6, 6.07) is 16.8. The lowest BCUT2D eigenvalue weighted by Crippen LogP contribution is -2.54. The number of carbonyl (C=O) groups excluding carboxylic acids is 2. The molecule has 0 aliphatic carbocycles. The number of rotatable bonds is 9. The maximum atomic E-state index is 14.0. The second kappa shape index (κ2) is 12.4. The molecule has 7 nitrogen and oxygen atoms in total. The van der Waals surface area contributed by atoms with Crippen molar-refractivity contribution in [3.05, 3.63) is 94.2 Å². The third-order valence-electron chi connectivity index (χ3n) is 5.77. The largest absolute Gasteiger partial charge is 0.350 e. The minimum Gasteiger partial charge on any atom is -0.350 e. The molecule has 0 heterocycles. The Morgan fingerprint density at radius 3 is 2.15 bits per heavy atom. The molecule has 39 heavy (non-hydrogen) atoms. The van der Waals surface area contributed by atoms with Crippen molar-refractivity contribution in [2.45, 2.75) is 50.7 Å². The van der Waals surface area contributed by atoms with E-state index in [1.54, 1.807) is 49.4 Å². The molecule has 0 aromatic heterocycles. The summed E-state index contributed by atoms with van der Waals surface area (Å²) in [6.07, 6.45) is 0. The van der Waals surface area contributed by atoms with Crippen molar-refractivity contribution in [2.75, 3.05) is 10.8 Å². The number of amides is 2. The molecule has 0 spiro atoms. The lowest BCUT2D eigenvalue weighted by molar-refractivity contribution is -0.140. The summed E-state index contributed by atoms with van der Waals surface area (Å²) in [7, 11) is -4.29. The van der Waals surface area contributed by atoms with Gasteiger partial charge in [-0.25, -0.2) is 12.8 Å². The van der Waals surface area contributed by atoms with Gasteiger partial charge in [0.25, 0.3) is 10.0 Å². The number of anilines is 1. The van der Waals surface area contributed by atoms with Crippen LogP contribution < -0.4 is 9.62 Å². The van der Waals surface area contributed by atoms with Gasteiger partial charge in [0.05, 0.1) is 15.6 Å². The first-order chi connectivity index (χ1) is 18.2. The van der Waals surface area contributed by atoms with Gasteiger partial charge >= 0.3 is 0 Å². The number of sulfonamides is 1. The van der Waals surface area contributed by atoms with Crippen LogP contribution in [0.4, 0.5) is 10.1 Å². The van der Waals surface area contributed by atoms with Crippen LogP contribution in [0.3, 0.4) is 0 Å². The summed E-state index contributed by atoms with van der Waals surface area (Å²) < 4.78 is 42.2. The summed E-state index contributed by atoms with van der Waals surface area (Å²) in [5.41, 5.74) is -0.00818. The Morgan fingerprint density at radius 1 is 0.949 bits per heavy atom. The average Bonchev–Trinajstić information content (AvgIpc) is 2.87. The van der Waals surface area contributed by atoms with Crippen LogP contribution in [0.2, 0.25) is 10.0 Å². The molecule has 3 rings (SSSR count). The summed E-state index contributed by atoms with van der Waals surface area (Å²) in [6.45, 7) is 6.25. The predicted octanol–water partition coefficient (Wildman–Crippen LogP) is 5.66. The van der Waals surface area contributed by atoms with E-state index in [4.69, 9.17) is 23.2 Å². The number of benzene rings is 3. The first-order valence-electron chi connectivity index (χ1n) is 12.1. The third-order valence-corrected chi connectivity index (χ3v) is 8.21. The molecule has 0 bridgehead atoms. The molecule has 0 aliphatic heterocycles. The molecular weight excluding hydrogens is 564 g/mol. The van der Waals surface area contributed by atoms with Gasteiger partial charge in [0.2, 0.25) is 11.8 Å². The zero-order valence-corrected chi connectivity index (χ0v) is 24.3. The predicted molar refractivity (Wildman–Crippen MR) is 152 cm³/mol. The Morgan fingerprint density at radius 2 is 1.56 bits per heavy atom. The van der Waals surface area contributed by atoms with Crippen molar-refractivity contribution in [2.24, 2.45) is 0 Å². The normalized spacial score (nSPS) is 12.5. The minimum atomic E-state index is -4.29. The molecule has 3 aromatic rings. The maximum absolute atomic E-state index is 14.0. The van der Waals surface area contributed by atoms with Gasteiger partial charge in [-0.15, -0.1) is 0 Å². The van der Waals surface area contributed by atoms with Gasteiger partial charge in [0, 0.05) is 17.1 Å². The first kappa shape index (κ1) is 30.4. The molecule has 0 saturated heterocycles. The van der Waals surface area contributed by atoms with E-state index in [9.17, 15) is 22.4 Å². The van der Waals surface area contributed by atoms with Crippen LogP contribution in [0.5, 0.6) is 0 Å². The van der Waals surface area contributed by atoms with Gasteiger partial charge in [-0.05, 0) is 69.7 Å². The fourth-order valence-electron chi connectivity index (χ4n) is 3.76. The number of halogens is 3. The van der Waals surface area contributed by atoms with Gasteiger partial charge < -0.3 is 10.2 Å². The molecule has 0 fully saturated rings. The molecule has 0 saturated carbocycles. The molecule has 0 radical (unpaired) electrons. The topological polar surface area (TPSA) is 86.8 Å². The minimum absolute atomic E-state index is 0.0110. The van der Waals surface area contributed by atoms with Crippen molar-refractivity contribution >= 4 is 50.7 Å². The molecule has 1 N–H and O–H groups in total. The summed E-state index contributed by atoms with van der Waals surface area (Å²) >= 11 is 12.3. The Bertz CT molecular complexity index is 1450. The highest BCUT2D eigenvalue weighted by Gasteiger charge is 2.33. The number of hydrogen-bond acceptors (Lipinski definition) is 4. The van der Waals surface area contributed by atoms with Gasteiger partial charge in [0.15, 0.2) is 0 Å². The van der Waals surface area contributed by atoms with E-state index < -0.39 is 45.8 Å². The van der Waals surface area contributed by atoms with Crippen LogP contribution in [0, 0.1) is 5.82 Å². The van der Waals surface area contributed by atoms with Crippen LogP contribution in [-0.4, -0.2) is 43.3 Å². The van der Waals surface area contributed by atoms with Crippen LogP contribution >= 0.6 is 23.2 Å². The highest BCUT2D eigenvalue weighted by atomic mass is 35.5. The zero-order chi connectivity index (χ0) is 29.0. The average molecular weight is 595 g/mol. The van der Waals surface area contributed by atoms with Crippen molar-refractivity contribution in [1.82, 2.24) is 10.2 Å². The lowest BCUT2D eigenvalue weighted by atomic mass is 10.1. The monoisotopic (exact) mass is 593 g/mol. The maximum Gasteiger partial charge on any atom is 0.264 e. The fourth-order valence-corrected chi connectivity index (χ4v) is 5.55. The van der Waals surface area contributed by atoms with Crippen molar-refractivity contribution in [1.29, 1.82) is 0 Å². The van der Waals surface area contributed by atoms with E-state index >= 15 is 0 Å². The standard InChI is InChI=1S/C28H30Cl2FN3O4S/c1-19(27(36)32-28(2,3)4)33(17-20-10-8-9-13-23(20)29)26(35)18-34(21-14-15-25(31)24(30)16-21)39(37,38)22-11-6-5-7-12-22/h5-16,19H,17-18H2,1-4H3,(H,32,36). The van der Waals surface area contributed by atoms with Crippen molar-refractivity contribution in [3.63, 3.8) is 0 Å². The highest BCUT2D eigenvalue weighted by molar-refractivity contribution is 7.92. The van der Waals surface area contributed by atoms with Gasteiger partial charge in [-0.2, -0.15) is 0 Å². The number of nitrogens with one attached hydrogen (secondary N) is 1. The second-order valence-electron chi connectivity index (χ2n) is 9.95. The third kappa shape index (κ3) is 7.71. The summed E-state index contributed by atoms with van der Waals surface area (Å²) in [5, 5.41) is 2.93. The van der Waals surface area contributed by atoms with Crippen LogP contribution in [0.1, 0.15) is 33.3 Å². The smallest absolute Gasteiger partial charge is 0.264 e. The van der Waals surface area contributed by atoms with Crippen LogP contribution in [0.15, 0.2) is 77.7 Å². The fraction of sp³-hybridized carbons (Fsp3) is 0.286. The molecule has 1 unspecified atom stereocenters. The second-order valence-corrected chi connectivity index (χ2v) is 12.6. The van der Waals surface area contributed by atoms with E-state index in [1.807, 2.05) is 20.8 Å². The molecule has 208 valence electrons. The first-order valence-corrected chi connectivity index (χ1v) is 14.3. The van der Waals surface area contributed by atoms with Crippen LogP contribution in [-0.2, 0) is 26.2 Å². The summed E-state index contributed by atoms with van der Waals surface area (Å²) in [4.78, 5) is 28.2. The Hall–Kier alpha value is -3.14. The van der Waals surface area contributed by atoms with Gasteiger partial charge in [-0.3, -0.25) is 13.9 Å². The van der Waals surface area contributed by atoms with Crippen molar-refractivity contribution < 1.29 is 22.4 Å². The van der Waals surface area contributed by atoms with Gasteiger partial charge in [-0.1, -0.05) is 59.6 Å². The molecular formula is C28H30Cl2FN3O4S. The molecule has 11 heteroatoms. The van der Waals surface area contributed by atoms with E-state index in [0.717, 1.165) is 16.4 Å². The number of nitrogens with zero attached hydrogens (tertiary/aromatic N) is 2. The number of carbonyl (C=O) groups is 2. The van der Waals surface area contributed by atoms with E-state index in [0.29, 0.717) is 10.6 Å². The van der Waals surface area contributed by atoms with E-state index in [1.165, 1.54) is 23.1 Å². The number of hydrogen-bond donors (Lipinski definition) is 1.